The third-order valence-electron chi connectivity index (χ3n) is 3.97. The van der Waals surface area contributed by atoms with E-state index in [1.165, 1.54) is 24.5 Å². The van der Waals surface area contributed by atoms with E-state index in [4.69, 9.17) is 9.47 Å². The van der Waals surface area contributed by atoms with Gasteiger partial charge in [0.25, 0.3) is 0 Å². The van der Waals surface area contributed by atoms with Crippen LogP contribution in [0.3, 0.4) is 0 Å². The smallest absolute Gasteiger partial charge is 0.411 e. The first-order chi connectivity index (χ1) is 12.6. The van der Waals surface area contributed by atoms with Gasteiger partial charge in [0.15, 0.2) is 0 Å². The molecule has 1 aliphatic heterocycles. The van der Waals surface area contributed by atoms with Crippen molar-refractivity contribution in [1.29, 1.82) is 0 Å². The molecule has 0 bridgehead atoms. The van der Waals surface area contributed by atoms with Gasteiger partial charge in [0, 0.05) is 13.1 Å². The second kappa shape index (κ2) is 12.5. The molecule has 2 amide bonds. The molecule has 1 heterocycles. The molecule has 1 fully saturated rings. The van der Waals surface area contributed by atoms with E-state index in [9.17, 15) is 14.4 Å². The van der Waals surface area contributed by atoms with Crippen molar-refractivity contribution in [2.24, 2.45) is 0 Å². The number of hydrogen-bond acceptors (Lipinski definition) is 6. The maximum absolute atomic E-state index is 12.1. The molecule has 8 nitrogen and oxygen atoms in total. The molecule has 8 heteroatoms. The van der Waals surface area contributed by atoms with Crippen LogP contribution in [0.5, 0.6) is 0 Å². The summed E-state index contributed by atoms with van der Waals surface area (Å²) in [6.07, 6.45) is -0.763. The van der Waals surface area contributed by atoms with E-state index in [1.54, 1.807) is 27.7 Å². The Morgan fingerprint density at radius 3 is 2.11 bits per heavy atom. The standard InChI is InChI=1S/C13H22N2O5.C6H15N/c1-5-19-10(16)8-9-11(17)14-6-7-15(9)12(18)20-13(2,3)4;1-4-7(5-2)6-3/h9H,5-8H2,1-4H3,(H,14,17);4-6H2,1-3H3. The topological polar surface area (TPSA) is 88.2 Å². The van der Waals surface area contributed by atoms with Crippen LogP contribution >= 0.6 is 0 Å². The Balaban J connectivity index is 0.000000821. The van der Waals surface area contributed by atoms with Crippen LogP contribution in [0.1, 0.15) is 54.9 Å². The Morgan fingerprint density at radius 2 is 1.70 bits per heavy atom. The van der Waals surface area contributed by atoms with E-state index in [1.807, 2.05) is 0 Å². The van der Waals surface area contributed by atoms with Crippen LogP contribution in [0.4, 0.5) is 4.79 Å². The van der Waals surface area contributed by atoms with E-state index in [0.717, 1.165) is 0 Å². The molecule has 1 atom stereocenters. The van der Waals surface area contributed by atoms with Gasteiger partial charge in [-0.2, -0.15) is 0 Å². The molecule has 0 radical (unpaired) electrons. The minimum Gasteiger partial charge on any atom is -0.466 e. The van der Waals surface area contributed by atoms with Crippen molar-refractivity contribution in [1.82, 2.24) is 15.1 Å². The van der Waals surface area contributed by atoms with Crippen LogP contribution in [0.2, 0.25) is 0 Å². The average molecular weight is 388 g/mol. The molecular weight excluding hydrogens is 350 g/mol. The predicted molar refractivity (Wildman–Crippen MR) is 104 cm³/mol. The molecule has 1 unspecified atom stereocenters. The zero-order valence-corrected chi connectivity index (χ0v) is 18.0. The molecule has 158 valence electrons. The first kappa shape index (κ1) is 25.2. The number of carbonyl (C=O) groups is 3. The quantitative estimate of drug-likeness (QED) is 0.702. The highest BCUT2D eigenvalue weighted by molar-refractivity contribution is 5.90. The summed E-state index contributed by atoms with van der Waals surface area (Å²) in [6, 6.07) is -0.877. The highest BCUT2D eigenvalue weighted by Gasteiger charge is 2.37. The summed E-state index contributed by atoms with van der Waals surface area (Å²) in [7, 11) is 0. The lowest BCUT2D eigenvalue weighted by Gasteiger charge is -2.35. The molecule has 1 saturated heterocycles. The van der Waals surface area contributed by atoms with E-state index < -0.39 is 23.7 Å². The second-order valence-corrected chi connectivity index (χ2v) is 7.11. The van der Waals surface area contributed by atoms with Gasteiger partial charge in [0.05, 0.1) is 13.0 Å². The maximum atomic E-state index is 12.1. The molecule has 0 aromatic carbocycles. The SMILES string of the molecule is CCN(CC)CC.CCOC(=O)CC1C(=O)NCCN1C(=O)OC(C)(C)C. The molecule has 1 aliphatic rings. The summed E-state index contributed by atoms with van der Waals surface area (Å²) in [5.74, 6) is -0.877. The molecule has 1 N–H and O–H groups in total. The first-order valence-corrected chi connectivity index (χ1v) is 9.74. The number of ether oxygens (including phenoxy) is 2. The Bertz CT molecular complexity index is 467. The third kappa shape index (κ3) is 10.2. The average Bonchev–Trinajstić information content (AvgIpc) is 2.57. The zero-order chi connectivity index (χ0) is 21.0. The number of nitrogens with zero attached hydrogens (tertiary/aromatic N) is 2. The predicted octanol–water partition coefficient (Wildman–Crippen LogP) is 2.02. The van der Waals surface area contributed by atoms with Crippen LogP contribution in [-0.2, 0) is 19.1 Å². The molecule has 27 heavy (non-hydrogen) atoms. The van der Waals surface area contributed by atoms with Crippen molar-refractivity contribution in [3.05, 3.63) is 0 Å². The van der Waals surface area contributed by atoms with Crippen molar-refractivity contribution in [3.8, 4) is 0 Å². The van der Waals surface area contributed by atoms with Gasteiger partial charge < -0.3 is 19.7 Å². The number of amides is 2. The fourth-order valence-electron chi connectivity index (χ4n) is 2.51. The lowest BCUT2D eigenvalue weighted by molar-refractivity contribution is -0.147. The minimum absolute atomic E-state index is 0.168. The summed E-state index contributed by atoms with van der Waals surface area (Å²) in [6.45, 7) is 17.9. The summed E-state index contributed by atoms with van der Waals surface area (Å²) in [4.78, 5) is 39.1. The molecular formula is C19H37N3O5. The third-order valence-corrected chi connectivity index (χ3v) is 3.97. The number of piperazine rings is 1. The number of rotatable bonds is 6. The van der Waals surface area contributed by atoms with E-state index in [2.05, 4.69) is 31.0 Å². The van der Waals surface area contributed by atoms with Gasteiger partial charge in [-0.3, -0.25) is 14.5 Å². The number of carbonyl (C=O) groups excluding carboxylic acids is 3. The summed E-state index contributed by atoms with van der Waals surface area (Å²) < 4.78 is 10.1. The number of nitrogens with one attached hydrogen (secondary N) is 1. The van der Waals surface area contributed by atoms with Gasteiger partial charge in [-0.05, 0) is 47.3 Å². The van der Waals surface area contributed by atoms with Crippen LogP contribution in [0.15, 0.2) is 0 Å². The van der Waals surface area contributed by atoms with Crippen molar-refractivity contribution >= 4 is 18.0 Å². The number of esters is 1. The summed E-state index contributed by atoms with van der Waals surface area (Å²) >= 11 is 0. The Labute approximate surface area is 163 Å². The lowest BCUT2D eigenvalue weighted by atomic mass is 10.1. The fraction of sp³-hybridized carbons (Fsp3) is 0.842. The first-order valence-electron chi connectivity index (χ1n) is 9.74. The molecule has 0 aromatic rings. The summed E-state index contributed by atoms with van der Waals surface area (Å²) in [5, 5.41) is 2.63. The van der Waals surface area contributed by atoms with Crippen molar-refractivity contribution in [2.45, 2.75) is 66.5 Å². The van der Waals surface area contributed by atoms with Gasteiger partial charge >= 0.3 is 12.1 Å². The normalized spacial score (nSPS) is 17.0. The molecule has 0 spiro atoms. The molecule has 0 aromatic heterocycles. The van der Waals surface area contributed by atoms with Gasteiger partial charge in [-0.25, -0.2) is 4.79 Å². The van der Waals surface area contributed by atoms with Crippen LogP contribution in [0.25, 0.3) is 0 Å². The maximum Gasteiger partial charge on any atom is 0.411 e. The monoisotopic (exact) mass is 387 g/mol. The van der Waals surface area contributed by atoms with Crippen molar-refractivity contribution < 1.29 is 23.9 Å². The molecule has 1 rings (SSSR count). The Hall–Kier alpha value is -1.83. The number of hydrogen-bond donors (Lipinski definition) is 1. The second-order valence-electron chi connectivity index (χ2n) is 7.11. The van der Waals surface area contributed by atoms with Crippen molar-refractivity contribution in [3.63, 3.8) is 0 Å². The van der Waals surface area contributed by atoms with Crippen LogP contribution < -0.4 is 5.32 Å². The molecule has 0 aliphatic carbocycles. The van der Waals surface area contributed by atoms with Crippen molar-refractivity contribution in [2.75, 3.05) is 39.3 Å². The highest BCUT2D eigenvalue weighted by atomic mass is 16.6. The Kier molecular flexibility index (Phi) is 11.7. The van der Waals surface area contributed by atoms with Gasteiger partial charge in [-0.1, -0.05) is 20.8 Å². The Morgan fingerprint density at radius 1 is 1.15 bits per heavy atom. The minimum atomic E-state index is -0.877. The zero-order valence-electron chi connectivity index (χ0n) is 18.0. The molecule has 0 saturated carbocycles. The fourth-order valence-corrected chi connectivity index (χ4v) is 2.51. The lowest BCUT2D eigenvalue weighted by Crippen LogP contribution is -2.58. The largest absolute Gasteiger partial charge is 0.466 e. The van der Waals surface area contributed by atoms with Crippen LogP contribution in [-0.4, -0.2) is 78.7 Å². The van der Waals surface area contributed by atoms with Gasteiger partial charge in [0.2, 0.25) is 5.91 Å². The van der Waals surface area contributed by atoms with Gasteiger partial charge in [0.1, 0.15) is 11.6 Å². The van der Waals surface area contributed by atoms with E-state index >= 15 is 0 Å². The van der Waals surface area contributed by atoms with E-state index in [0.29, 0.717) is 13.1 Å². The highest BCUT2D eigenvalue weighted by Crippen LogP contribution is 2.16. The van der Waals surface area contributed by atoms with E-state index in [-0.39, 0.29) is 18.9 Å². The van der Waals surface area contributed by atoms with Gasteiger partial charge in [-0.15, -0.1) is 0 Å². The van der Waals surface area contributed by atoms with Crippen LogP contribution in [0, 0.1) is 0 Å². The summed E-state index contributed by atoms with van der Waals surface area (Å²) in [5.41, 5.74) is -0.653.